The Hall–Kier alpha value is -1.95. The first-order valence-electron chi connectivity index (χ1n) is 7.16. The predicted molar refractivity (Wildman–Crippen MR) is 75.6 cm³/mol. The van der Waals surface area contributed by atoms with Crippen LogP contribution in [0, 0.1) is 11.3 Å². The number of carbonyl (C=O) groups excluding carboxylic acids is 2. The Morgan fingerprint density at radius 2 is 2.19 bits per heavy atom. The molecule has 1 N–H and O–H groups in total. The number of amides is 2. The van der Waals surface area contributed by atoms with Gasteiger partial charge in [-0.05, 0) is 18.6 Å². The van der Waals surface area contributed by atoms with Gasteiger partial charge in [-0.1, -0.05) is 0 Å². The molecule has 0 aliphatic carbocycles. The van der Waals surface area contributed by atoms with Crippen molar-refractivity contribution in [2.24, 2.45) is 11.3 Å². The van der Waals surface area contributed by atoms with Gasteiger partial charge in [0.1, 0.15) is 0 Å². The molecule has 2 fully saturated rings. The van der Waals surface area contributed by atoms with E-state index in [-0.39, 0.29) is 17.7 Å². The van der Waals surface area contributed by atoms with Crippen LogP contribution in [0.4, 0.5) is 0 Å². The standard InChI is InChI=1S/C15H19N3O3/c1-16-14(20)15-4-7-21-9-12(15)8-18(10-15)13(19)11-2-5-17-6-3-11/h2-3,5-6,12H,4,7-10H2,1H3,(H,16,20)/t12-,15+/m1/s1. The van der Waals surface area contributed by atoms with E-state index >= 15 is 0 Å². The summed E-state index contributed by atoms with van der Waals surface area (Å²) < 4.78 is 5.51. The number of pyridine rings is 1. The van der Waals surface area contributed by atoms with Crippen LogP contribution in [0.2, 0.25) is 0 Å². The molecular weight excluding hydrogens is 270 g/mol. The maximum Gasteiger partial charge on any atom is 0.254 e. The van der Waals surface area contributed by atoms with E-state index in [2.05, 4.69) is 10.3 Å². The molecule has 112 valence electrons. The molecule has 0 unspecified atom stereocenters. The van der Waals surface area contributed by atoms with Crippen LogP contribution < -0.4 is 5.32 Å². The molecule has 0 aromatic carbocycles. The second kappa shape index (κ2) is 5.44. The molecule has 2 atom stereocenters. The molecule has 6 nitrogen and oxygen atoms in total. The Balaban J connectivity index is 1.84. The van der Waals surface area contributed by atoms with Gasteiger partial charge >= 0.3 is 0 Å². The third-order valence-electron chi connectivity index (χ3n) is 4.60. The van der Waals surface area contributed by atoms with Gasteiger partial charge in [-0.3, -0.25) is 14.6 Å². The number of rotatable bonds is 2. The van der Waals surface area contributed by atoms with E-state index in [9.17, 15) is 9.59 Å². The van der Waals surface area contributed by atoms with Crippen molar-refractivity contribution in [2.75, 3.05) is 33.4 Å². The van der Waals surface area contributed by atoms with E-state index in [0.717, 1.165) is 0 Å². The van der Waals surface area contributed by atoms with Crippen LogP contribution in [0.1, 0.15) is 16.8 Å². The lowest BCUT2D eigenvalue weighted by atomic mass is 9.73. The molecule has 0 saturated carbocycles. The molecule has 21 heavy (non-hydrogen) atoms. The second-order valence-corrected chi connectivity index (χ2v) is 5.68. The van der Waals surface area contributed by atoms with Gasteiger partial charge in [0, 0.05) is 50.6 Å². The zero-order chi connectivity index (χ0) is 14.9. The summed E-state index contributed by atoms with van der Waals surface area (Å²) in [5.74, 6) is 0.0351. The third kappa shape index (κ3) is 2.29. The lowest BCUT2D eigenvalue weighted by Crippen LogP contribution is -2.49. The zero-order valence-corrected chi connectivity index (χ0v) is 12.0. The number of carbonyl (C=O) groups is 2. The van der Waals surface area contributed by atoms with Crippen LogP contribution in [-0.2, 0) is 9.53 Å². The molecule has 1 aromatic rings. The molecule has 2 aliphatic rings. The number of likely N-dealkylation sites (tertiary alicyclic amines) is 1. The fourth-order valence-corrected chi connectivity index (χ4v) is 3.40. The number of aromatic nitrogens is 1. The number of nitrogens with one attached hydrogen (secondary N) is 1. The largest absolute Gasteiger partial charge is 0.381 e. The normalized spacial score (nSPS) is 28.0. The highest BCUT2D eigenvalue weighted by molar-refractivity contribution is 5.95. The average Bonchev–Trinajstić information content (AvgIpc) is 2.95. The second-order valence-electron chi connectivity index (χ2n) is 5.68. The number of hydrogen-bond donors (Lipinski definition) is 1. The van der Waals surface area contributed by atoms with Crippen LogP contribution >= 0.6 is 0 Å². The Kier molecular flexibility index (Phi) is 3.63. The van der Waals surface area contributed by atoms with Gasteiger partial charge in [0.25, 0.3) is 5.91 Å². The van der Waals surface area contributed by atoms with E-state index in [1.54, 1.807) is 36.5 Å². The molecule has 6 heteroatoms. The van der Waals surface area contributed by atoms with Crippen molar-refractivity contribution in [1.29, 1.82) is 0 Å². The molecule has 3 heterocycles. The average molecular weight is 289 g/mol. The van der Waals surface area contributed by atoms with Gasteiger partial charge in [0.05, 0.1) is 12.0 Å². The van der Waals surface area contributed by atoms with Crippen molar-refractivity contribution < 1.29 is 14.3 Å². The maximum absolute atomic E-state index is 12.6. The van der Waals surface area contributed by atoms with Gasteiger partial charge in [-0.25, -0.2) is 0 Å². The van der Waals surface area contributed by atoms with Gasteiger partial charge in [-0.2, -0.15) is 0 Å². The lowest BCUT2D eigenvalue weighted by molar-refractivity contribution is -0.138. The molecule has 2 amide bonds. The topological polar surface area (TPSA) is 71.5 Å². The minimum absolute atomic E-state index is 0.0147. The zero-order valence-electron chi connectivity index (χ0n) is 12.0. The van der Waals surface area contributed by atoms with Crippen LogP contribution in [0.15, 0.2) is 24.5 Å². The van der Waals surface area contributed by atoms with Gasteiger partial charge < -0.3 is 15.0 Å². The van der Waals surface area contributed by atoms with E-state index in [0.29, 0.717) is 38.3 Å². The summed E-state index contributed by atoms with van der Waals surface area (Å²) in [6.07, 6.45) is 3.87. The summed E-state index contributed by atoms with van der Waals surface area (Å²) in [5, 5.41) is 2.75. The first-order valence-corrected chi connectivity index (χ1v) is 7.16. The van der Waals surface area contributed by atoms with Crippen molar-refractivity contribution in [3.05, 3.63) is 30.1 Å². The smallest absolute Gasteiger partial charge is 0.254 e. The van der Waals surface area contributed by atoms with Crippen LogP contribution in [-0.4, -0.2) is 55.0 Å². The SMILES string of the molecule is CNC(=O)[C@]12CCOC[C@H]1CN(C(=O)c1ccncc1)C2. The molecule has 3 rings (SSSR count). The van der Waals surface area contributed by atoms with Gasteiger partial charge in [0.15, 0.2) is 0 Å². The molecule has 0 radical (unpaired) electrons. The first kappa shape index (κ1) is 14.0. The molecule has 2 saturated heterocycles. The quantitative estimate of drug-likeness (QED) is 0.850. The molecule has 0 bridgehead atoms. The number of nitrogens with zero attached hydrogens (tertiary/aromatic N) is 2. The van der Waals surface area contributed by atoms with Crippen molar-refractivity contribution in [1.82, 2.24) is 15.2 Å². The van der Waals surface area contributed by atoms with Crippen LogP contribution in [0.25, 0.3) is 0 Å². The summed E-state index contributed by atoms with van der Waals surface area (Å²) in [6.45, 7) is 2.13. The minimum atomic E-state index is -0.504. The highest BCUT2D eigenvalue weighted by Crippen LogP contribution is 2.42. The molecule has 1 aromatic heterocycles. The van der Waals surface area contributed by atoms with Crippen LogP contribution in [0.3, 0.4) is 0 Å². The predicted octanol–water partition coefficient (Wildman–Crippen LogP) is 0.306. The number of fused-ring (bicyclic) bond motifs is 1. The molecular formula is C15H19N3O3. The van der Waals surface area contributed by atoms with E-state index in [4.69, 9.17) is 4.74 Å². The summed E-state index contributed by atoms with van der Waals surface area (Å²) >= 11 is 0. The van der Waals surface area contributed by atoms with E-state index < -0.39 is 5.41 Å². The summed E-state index contributed by atoms with van der Waals surface area (Å²) in [7, 11) is 1.65. The fraction of sp³-hybridized carbons (Fsp3) is 0.533. The minimum Gasteiger partial charge on any atom is -0.381 e. The van der Waals surface area contributed by atoms with E-state index in [1.165, 1.54) is 0 Å². The molecule has 2 aliphatic heterocycles. The maximum atomic E-state index is 12.6. The van der Waals surface area contributed by atoms with Crippen molar-refractivity contribution in [2.45, 2.75) is 6.42 Å². The van der Waals surface area contributed by atoms with Crippen molar-refractivity contribution in [3.63, 3.8) is 0 Å². The third-order valence-corrected chi connectivity index (χ3v) is 4.60. The lowest BCUT2D eigenvalue weighted by Gasteiger charge is -2.36. The summed E-state index contributed by atoms with van der Waals surface area (Å²) in [4.78, 5) is 30.6. The van der Waals surface area contributed by atoms with Gasteiger partial charge in [0.2, 0.25) is 5.91 Å². The van der Waals surface area contributed by atoms with Crippen LogP contribution in [0.5, 0.6) is 0 Å². The van der Waals surface area contributed by atoms with E-state index in [1.807, 2.05) is 0 Å². The molecule has 0 spiro atoms. The first-order chi connectivity index (χ1) is 10.2. The monoisotopic (exact) mass is 289 g/mol. The summed E-state index contributed by atoms with van der Waals surface area (Å²) in [5.41, 5.74) is 0.104. The fourth-order valence-electron chi connectivity index (χ4n) is 3.40. The Bertz CT molecular complexity index is 548. The Morgan fingerprint density at radius 1 is 1.43 bits per heavy atom. The Morgan fingerprint density at radius 3 is 2.90 bits per heavy atom. The highest BCUT2D eigenvalue weighted by Gasteiger charge is 2.54. The highest BCUT2D eigenvalue weighted by atomic mass is 16.5. The van der Waals surface area contributed by atoms with Crippen molar-refractivity contribution >= 4 is 11.8 Å². The summed E-state index contributed by atoms with van der Waals surface area (Å²) in [6, 6.07) is 3.40. The Labute approximate surface area is 123 Å². The number of hydrogen-bond acceptors (Lipinski definition) is 4. The van der Waals surface area contributed by atoms with Gasteiger partial charge in [-0.15, -0.1) is 0 Å². The van der Waals surface area contributed by atoms with Crippen molar-refractivity contribution in [3.8, 4) is 0 Å². The number of ether oxygens (including phenoxy) is 1.